The molecular formula is C18H24N6O4. The zero-order valence-electron chi connectivity index (χ0n) is 16.2. The molecule has 1 saturated heterocycles. The van der Waals surface area contributed by atoms with Gasteiger partial charge in [0.25, 0.3) is 0 Å². The summed E-state index contributed by atoms with van der Waals surface area (Å²) in [5, 5.41) is 14.9. The fourth-order valence-corrected chi connectivity index (χ4v) is 3.17. The van der Waals surface area contributed by atoms with Crippen molar-refractivity contribution in [3.8, 4) is 11.5 Å². The predicted molar refractivity (Wildman–Crippen MR) is 106 cm³/mol. The van der Waals surface area contributed by atoms with Crippen LogP contribution < -0.4 is 19.7 Å². The number of piperazine rings is 1. The van der Waals surface area contributed by atoms with Crippen molar-refractivity contribution in [2.24, 2.45) is 0 Å². The van der Waals surface area contributed by atoms with E-state index in [1.165, 1.54) is 13.4 Å². The largest absolute Gasteiger partial charge is 0.497 e. The number of rotatable bonds is 7. The van der Waals surface area contributed by atoms with Crippen molar-refractivity contribution >= 4 is 23.0 Å². The van der Waals surface area contributed by atoms with Crippen molar-refractivity contribution in [2.75, 3.05) is 57.2 Å². The minimum Gasteiger partial charge on any atom is -0.497 e. The lowest BCUT2D eigenvalue weighted by atomic mass is 10.2. The van der Waals surface area contributed by atoms with Gasteiger partial charge in [0.1, 0.15) is 17.8 Å². The van der Waals surface area contributed by atoms with Crippen molar-refractivity contribution in [1.29, 1.82) is 0 Å². The molecule has 1 N–H and O–H groups in total. The van der Waals surface area contributed by atoms with Gasteiger partial charge in [-0.15, -0.1) is 0 Å². The van der Waals surface area contributed by atoms with E-state index in [0.29, 0.717) is 36.1 Å². The number of methoxy groups -OCH3 is 2. The van der Waals surface area contributed by atoms with Crippen LogP contribution in [0.2, 0.25) is 0 Å². The van der Waals surface area contributed by atoms with Crippen LogP contribution in [-0.2, 0) is 0 Å². The summed E-state index contributed by atoms with van der Waals surface area (Å²) in [6, 6.07) is 5.16. The van der Waals surface area contributed by atoms with Crippen LogP contribution in [0.5, 0.6) is 11.5 Å². The maximum absolute atomic E-state index is 11.8. The summed E-state index contributed by atoms with van der Waals surface area (Å²) >= 11 is 0. The summed E-state index contributed by atoms with van der Waals surface area (Å²) in [6.07, 6.45) is 1.34. The molecule has 2 heterocycles. The second-order valence-corrected chi connectivity index (χ2v) is 6.26. The number of likely N-dealkylation sites (N-methyl/N-ethyl adjacent to an activating group) is 1. The molecule has 0 radical (unpaired) electrons. The third-order valence-electron chi connectivity index (χ3n) is 4.77. The van der Waals surface area contributed by atoms with Crippen molar-refractivity contribution < 1.29 is 14.4 Å². The van der Waals surface area contributed by atoms with E-state index in [2.05, 4.69) is 27.1 Å². The highest BCUT2D eigenvalue weighted by atomic mass is 16.6. The minimum atomic E-state index is -0.445. The molecule has 0 unspecified atom stereocenters. The molecule has 10 heteroatoms. The molecule has 0 spiro atoms. The molecule has 28 heavy (non-hydrogen) atoms. The second kappa shape index (κ2) is 8.70. The Kier molecular flexibility index (Phi) is 6.09. The van der Waals surface area contributed by atoms with Crippen LogP contribution in [0.25, 0.3) is 0 Å². The Morgan fingerprint density at radius 1 is 1.18 bits per heavy atom. The smallest absolute Gasteiger partial charge is 0.353 e. The molecule has 0 bridgehead atoms. The Bertz CT molecular complexity index is 839. The van der Waals surface area contributed by atoms with Gasteiger partial charge in [0.15, 0.2) is 0 Å². The number of benzene rings is 1. The van der Waals surface area contributed by atoms with Crippen molar-refractivity contribution in [2.45, 2.75) is 6.92 Å². The standard InChI is InChI=1S/C18H24N6O4/c1-4-22-7-9-23(10-8-22)18-16(24(25)26)17(19-12-20-18)21-14-6-5-13(27-2)11-15(14)28-3/h5-6,11-12H,4,7-10H2,1-3H3,(H,19,20,21). The van der Waals surface area contributed by atoms with Crippen LogP contribution in [0.15, 0.2) is 24.5 Å². The number of hydrogen-bond donors (Lipinski definition) is 1. The molecule has 1 aromatic carbocycles. The van der Waals surface area contributed by atoms with E-state index < -0.39 is 4.92 Å². The second-order valence-electron chi connectivity index (χ2n) is 6.26. The fraction of sp³-hybridized carbons (Fsp3) is 0.444. The number of hydrogen-bond acceptors (Lipinski definition) is 9. The Hall–Kier alpha value is -3.14. The summed E-state index contributed by atoms with van der Waals surface area (Å²) in [6.45, 7) is 6.10. The van der Waals surface area contributed by atoms with Crippen LogP contribution in [-0.4, -0.2) is 66.7 Å². The number of nitro groups is 1. The van der Waals surface area contributed by atoms with E-state index in [1.54, 1.807) is 25.3 Å². The summed E-state index contributed by atoms with van der Waals surface area (Å²) in [5.41, 5.74) is 0.400. The zero-order chi connectivity index (χ0) is 20.1. The van der Waals surface area contributed by atoms with Gasteiger partial charge in [0, 0.05) is 32.2 Å². The topological polar surface area (TPSA) is 106 Å². The number of ether oxygens (including phenoxy) is 2. The van der Waals surface area contributed by atoms with E-state index in [4.69, 9.17) is 9.47 Å². The normalized spacial score (nSPS) is 14.6. The Morgan fingerprint density at radius 3 is 2.54 bits per heavy atom. The highest BCUT2D eigenvalue weighted by molar-refractivity contribution is 5.76. The number of aromatic nitrogens is 2. The molecular weight excluding hydrogens is 364 g/mol. The predicted octanol–water partition coefficient (Wildman–Crippen LogP) is 2.29. The molecule has 0 atom stereocenters. The van der Waals surface area contributed by atoms with E-state index in [1.807, 2.05) is 4.90 Å². The monoisotopic (exact) mass is 388 g/mol. The lowest BCUT2D eigenvalue weighted by Gasteiger charge is -2.34. The van der Waals surface area contributed by atoms with Crippen molar-refractivity contribution in [3.05, 3.63) is 34.6 Å². The van der Waals surface area contributed by atoms with Gasteiger partial charge < -0.3 is 24.6 Å². The van der Waals surface area contributed by atoms with Gasteiger partial charge in [-0.05, 0) is 18.7 Å². The average Bonchev–Trinajstić information content (AvgIpc) is 2.73. The van der Waals surface area contributed by atoms with Gasteiger partial charge in [-0.2, -0.15) is 0 Å². The molecule has 0 amide bonds. The van der Waals surface area contributed by atoms with Gasteiger partial charge in [-0.25, -0.2) is 9.97 Å². The van der Waals surface area contributed by atoms with Gasteiger partial charge in [0.2, 0.25) is 11.6 Å². The number of nitrogens with one attached hydrogen (secondary N) is 1. The molecule has 0 saturated carbocycles. The van der Waals surface area contributed by atoms with Crippen LogP contribution in [0.3, 0.4) is 0 Å². The van der Waals surface area contributed by atoms with E-state index in [0.717, 1.165) is 19.6 Å². The summed E-state index contributed by atoms with van der Waals surface area (Å²) < 4.78 is 10.5. The number of anilines is 3. The highest BCUT2D eigenvalue weighted by Gasteiger charge is 2.29. The van der Waals surface area contributed by atoms with Crippen molar-refractivity contribution in [3.63, 3.8) is 0 Å². The first-order valence-electron chi connectivity index (χ1n) is 9.03. The van der Waals surface area contributed by atoms with Crippen LogP contribution in [0.4, 0.5) is 23.0 Å². The van der Waals surface area contributed by atoms with Gasteiger partial charge >= 0.3 is 5.69 Å². The molecule has 1 aliphatic heterocycles. The maximum atomic E-state index is 11.8. The van der Waals surface area contributed by atoms with Crippen molar-refractivity contribution in [1.82, 2.24) is 14.9 Å². The van der Waals surface area contributed by atoms with Gasteiger partial charge in [0.05, 0.1) is 24.8 Å². The van der Waals surface area contributed by atoms with Crippen LogP contribution in [0, 0.1) is 10.1 Å². The summed E-state index contributed by atoms with van der Waals surface area (Å²) in [5.74, 6) is 1.56. The zero-order valence-corrected chi connectivity index (χ0v) is 16.2. The third kappa shape index (κ3) is 4.06. The fourth-order valence-electron chi connectivity index (χ4n) is 3.17. The first-order valence-corrected chi connectivity index (χ1v) is 9.03. The lowest BCUT2D eigenvalue weighted by Crippen LogP contribution is -2.46. The molecule has 10 nitrogen and oxygen atoms in total. The molecule has 150 valence electrons. The Morgan fingerprint density at radius 2 is 1.93 bits per heavy atom. The maximum Gasteiger partial charge on any atom is 0.353 e. The molecule has 2 aromatic rings. The van der Waals surface area contributed by atoms with Crippen LogP contribution >= 0.6 is 0 Å². The van der Waals surface area contributed by atoms with E-state index in [9.17, 15) is 10.1 Å². The first kappa shape index (κ1) is 19.6. The quantitative estimate of drug-likeness (QED) is 0.565. The highest BCUT2D eigenvalue weighted by Crippen LogP contribution is 2.37. The Labute approximate surface area is 163 Å². The van der Waals surface area contributed by atoms with Gasteiger partial charge in [-0.1, -0.05) is 6.92 Å². The van der Waals surface area contributed by atoms with E-state index >= 15 is 0 Å². The van der Waals surface area contributed by atoms with Crippen LogP contribution in [0.1, 0.15) is 6.92 Å². The molecule has 1 aromatic heterocycles. The third-order valence-corrected chi connectivity index (χ3v) is 4.77. The first-order chi connectivity index (χ1) is 13.6. The minimum absolute atomic E-state index is 0.122. The SMILES string of the molecule is CCN1CCN(c2ncnc(Nc3ccc(OC)cc3OC)c2[N+](=O)[O-])CC1. The molecule has 0 aliphatic carbocycles. The molecule has 1 fully saturated rings. The molecule has 1 aliphatic rings. The van der Waals surface area contributed by atoms with E-state index in [-0.39, 0.29) is 11.5 Å². The Balaban J connectivity index is 1.93. The van der Waals surface area contributed by atoms with Gasteiger partial charge in [-0.3, -0.25) is 10.1 Å². The molecule has 3 rings (SSSR count). The average molecular weight is 388 g/mol. The number of nitrogens with zero attached hydrogens (tertiary/aromatic N) is 5. The lowest BCUT2D eigenvalue weighted by molar-refractivity contribution is -0.383. The summed E-state index contributed by atoms with van der Waals surface area (Å²) in [4.78, 5) is 24.0. The summed E-state index contributed by atoms with van der Waals surface area (Å²) in [7, 11) is 3.08.